The van der Waals surface area contributed by atoms with Crippen molar-refractivity contribution in [3.05, 3.63) is 30.1 Å². The Balaban J connectivity index is 2.23. The molecule has 6 nitrogen and oxygen atoms in total. The number of benzene rings is 1. The molecule has 0 aliphatic heterocycles. The zero-order valence-corrected chi connectivity index (χ0v) is 12.0. The van der Waals surface area contributed by atoms with Crippen LogP contribution < -0.4 is 5.32 Å². The lowest BCUT2D eigenvalue weighted by Gasteiger charge is -2.20. The van der Waals surface area contributed by atoms with Crippen molar-refractivity contribution in [1.29, 1.82) is 0 Å². The number of rotatable bonds is 2. The van der Waals surface area contributed by atoms with E-state index in [1.54, 1.807) is 6.07 Å². The smallest absolute Gasteiger partial charge is 0.412 e. The third-order valence-electron chi connectivity index (χ3n) is 2.40. The molecule has 2 rings (SSSR count). The molecule has 1 amide bonds. The van der Waals surface area contributed by atoms with E-state index in [-0.39, 0.29) is 0 Å². The number of anilines is 1. The van der Waals surface area contributed by atoms with Gasteiger partial charge in [-0.25, -0.2) is 9.78 Å². The third-order valence-corrected chi connectivity index (χ3v) is 2.40. The minimum absolute atomic E-state index is 0.503. The van der Waals surface area contributed by atoms with Crippen LogP contribution in [-0.2, 0) is 4.74 Å². The van der Waals surface area contributed by atoms with Gasteiger partial charge in [-0.1, -0.05) is 12.1 Å². The summed E-state index contributed by atoms with van der Waals surface area (Å²) >= 11 is 0. The number of hydrogen-bond donors (Lipinski definition) is 2. The highest BCUT2D eigenvalue weighted by Gasteiger charge is 2.18. The molecule has 0 aliphatic carbocycles. The van der Waals surface area contributed by atoms with Crippen LogP contribution >= 0.6 is 0 Å². The third kappa shape index (κ3) is 3.57. The molecule has 6 heteroatoms. The number of aryl methyl sites for hydroxylation is 1. The molecule has 0 fully saturated rings. The molecule has 0 radical (unpaired) electrons. The lowest BCUT2D eigenvalue weighted by molar-refractivity contribution is 0.0636. The van der Waals surface area contributed by atoms with Gasteiger partial charge in [0.25, 0.3) is 0 Å². The lowest BCUT2D eigenvalue weighted by atomic mass is 10.1. The van der Waals surface area contributed by atoms with Crippen molar-refractivity contribution in [2.24, 2.45) is 0 Å². The summed E-state index contributed by atoms with van der Waals surface area (Å²) in [6, 6.07) is 7.32. The molecular weight excluding hydrogens is 256 g/mol. The van der Waals surface area contributed by atoms with E-state index >= 15 is 0 Å². The Labute approximate surface area is 117 Å². The summed E-state index contributed by atoms with van der Waals surface area (Å²) < 4.78 is 5.24. The number of para-hydroxylation sites is 1. The Bertz CT molecular complexity index is 614. The second-order valence-electron chi connectivity index (χ2n) is 5.42. The zero-order chi connectivity index (χ0) is 14.8. The number of aromatic nitrogens is 3. The molecule has 1 aromatic carbocycles. The van der Waals surface area contributed by atoms with Gasteiger partial charge < -0.3 is 4.74 Å². The Morgan fingerprint density at radius 2 is 2.00 bits per heavy atom. The monoisotopic (exact) mass is 274 g/mol. The summed E-state index contributed by atoms with van der Waals surface area (Å²) in [7, 11) is 0. The molecule has 0 aliphatic rings. The highest BCUT2D eigenvalue weighted by molar-refractivity contribution is 5.90. The first kappa shape index (κ1) is 14.0. The van der Waals surface area contributed by atoms with Gasteiger partial charge in [-0.15, -0.1) is 0 Å². The van der Waals surface area contributed by atoms with Crippen molar-refractivity contribution in [1.82, 2.24) is 15.2 Å². The SMILES string of the molecule is Cc1nc(-c2ccccc2NC(=O)OC(C)(C)C)n[nH]1. The Hall–Kier alpha value is -2.37. The fourth-order valence-electron chi connectivity index (χ4n) is 1.66. The Morgan fingerprint density at radius 3 is 2.60 bits per heavy atom. The number of aromatic amines is 1. The largest absolute Gasteiger partial charge is 0.444 e. The van der Waals surface area contributed by atoms with Crippen LogP contribution in [0.5, 0.6) is 0 Å². The first-order chi connectivity index (χ1) is 9.35. The molecule has 2 N–H and O–H groups in total. The van der Waals surface area contributed by atoms with E-state index < -0.39 is 11.7 Å². The Kier molecular flexibility index (Phi) is 3.74. The summed E-state index contributed by atoms with van der Waals surface area (Å²) in [4.78, 5) is 16.1. The van der Waals surface area contributed by atoms with Crippen molar-refractivity contribution in [2.75, 3.05) is 5.32 Å². The van der Waals surface area contributed by atoms with Crippen LogP contribution in [0.1, 0.15) is 26.6 Å². The average molecular weight is 274 g/mol. The van der Waals surface area contributed by atoms with Crippen molar-refractivity contribution in [3.8, 4) is 11.4 Å². The average Bonchev–Trinajstić information content (AvgIpc) is 2.74. The highest BCUT2D eigenvalue weighted by atomic mass is 16.6. The summed E-state index contributed by atoms with van der Waals surface area (Å²) in [6.07, 6.45) is -0.503. The van der Waals surface area contributed by atoms with Gasteiger partial charge in [0, 0.05) is 5.56 Å². The van der Waals surface area contributed by atoms with E-state index in [9.17, 15) is 4.79 Å². The van der Waals surface area contributed by atoms with Gasteiger partial charge in [0.05, 0.1) is 5.69 Å². The predicted molar refractivity (Wildman–Crippen MR) is 76.4 cm³/mol. The molecule has 106 valence electrons. The van der Waals surface area contributed by atoms with Crippen LogP contribution in [0.25, 0.3) is 11.4 Å². The topological polar surface area (TPSA) is 79.9 Å². The van der Waals surface area contributed by atoms with Crippen LogP contribution in [0.4, 0.5) is 10.5 Å². The molecule has 0 saturated heterocycles. The van der Waals surface area contributed by atoms with Gasteiger partial charge in [-0.3, -0.25) is 10.4 Å². The summed E-state index contributed by atoms with van der Waals surface area (Å²) in [5.41, 5.74) is 0.809. The maximum atomic E-state index is 11.8. The minimum Gasteiger partial charge on any atom is -0.444 e. The maximum Gasteiger partial charge on any atom is 0.412 e. The molecule has 20 heavy (non-hydrogen) atoms. The first-order valence-corrected chi connectivity index (χ1v) is 6.33. The van der Waals surface area contributed by atoms with Crippen molar-refractivity contribution < 1.29 is 9.53 Å². The van der Waals surface area contributed by atoms with E-state index in [1.807, 2.05) is 45.9 Å². The van der Waals surface area contributed by atoms with Crippen LogP contribution in [0.15, 0.2) is 24.3 Å². The number of ether oxygens (including phenoxy) is 1. The molecule has 0 spiro atoms. The molecule has 0 saturated carbocycles. The van der Waals surface area contributed by atoms with Crippen LogP contribution in [-0.4, -0.2) is 26.9 Å². The number of nitrogens with zero attached hydrogens (tertiary/aromatic N) is 2. The lowest BCUT2D eigenvalue weighted by Crippen LogP contribution is -2.27. The summed E-state index contributed by atoms with van der Waals surface area (Å²) in [6.45, 7) is 7.27. The fourth-order valence-corrected chi connectivity index (χ4v) is 1.66. The molecular formula is C14H18N4O2. The van der Waals surface area contributed by atoms with Crippen molar-refractivity contribution in [2.45, 2.75) is 33.3 Å². The van der Waals surface area contributed by atoms with Crippen molar-refractivity contribution in [3.63, 3.8) is 0 Å². The predicted octanol–water partition coefficient (Wildman–Crippen LogP) is 3.13. The molecule has 0 atom stereocenters. The minimum atomic E-state index is -0.541. The number of H-pyrrole nitrogens is 1. The molecule has 0 unspecified atom stereocenters. The number of nitrogens with one attached hydrogen (secondary N) is 2. The Morgan fingerprint density at radius 1 is 1.30 bits per heavy atom. The van der Waals surface area contributed by atoms with Gasteiger partial charge in [-0.05, 0) is 39.8 Å². The van der Waals surface area contributed by atoms with Gasteiger partial charge in [0.2, 0.25) is 0 Å². The molecule has 1 aromatic heterocycles. The zero-order valence-electron chi connectivity index (χ0n) is 12.0. The molecule has 2 aromatic rings. The van der Waals surface area contributed by atoms with E-state index in [1.165, 1.54) is 0 Å². The maximum absolute atomic E-state index is 11.8. The fraction of sp³-hybridized carbons (Fsp3) is 0.357. The standard InChI is InChI=1S/C14H18N4O2/c1-9-15-12(18-17-9)10-7-5-6-8-11(10)16-13(19)20-14(2,3)4/h5-8H,1-4H3,(H,16,19)(H,15,17,18). The van der Waals surface area contributed by atoms with E-state index in [0.29, 0.717) is 17.3 Å². The number of carbonyl (C=O) groups is 1. The number of hydrogen-bond acceptors (Lipinski definition) is 4. The molecule has 1 heterocycles. The van der Waals surface area contributed by atoms with E-state index in [2.05, 4.69) is 20.5 Å². The molecule has 0 bridgehead atoms. The van der Waals surface area contributed by atoms with Gasteiger partial charge in [-0.2, -0.15) is 5.10 Å². The van der Waals surface area contributed by atoms with Crippen molar-refractivity contribution >= 4 is 11.8 Å². The second kappa shape index (κ2) is 5.32. The van der Waals surface area contributed by atoms with Gasteiger partial charge in [0.1, 0.15) is 11.4 Å². The first-order valence-electron chi connectivity index (χ1n) is 6.33. The van der Waals surface area contributed by atoms with Crippen LogP contribution in [0, 0.1) is 6.92 Å². The highest BCUT2D eigenvalue weighted by Crippen LogP contribution is 2.25. The second-order valence-corrected chi connectivity index (χ2v) is 5.42. The quantitative estimate of drug-likeness (QED) is 0.881. The number of carbonyl (C=O) groups excluding carboxylic acids is 1. The summed E-state index contributed by atoms with van der Waals surface area (Å²) in [5.74, 6) is 1.25. The summed E-state index contributed by atoms with van der Waals surface area (Å²) in [5, 5.41) is 9.60. The van der Waals surface area contributed by atoms with Crippen LogP contribution in [0.3, 0.4) is 0 Å². The van der Waals surface area contributed by atoms with E-state index in [4.69, 9.17) is 4.74 Å². The number of amides is 1. The van der Waals surface area contributed by atoms with Gasteiger partial charge in [0.15, 0.2) is 5.82 Å². The normalized spacial score (nSPS) is 11.2. The van der Waals surface area contributed by atoms with Gasteiger partial charge >= 0.3 is 6.09 Å². The van der Waals surface area contributed by atoms with Crippen LogP contribution in [0.2, 0.25) is 0 Å². The van der Waals surface area contributed by atoms with E-state index in [0.717, 1.165) is 5.56 Å².